The van der Waals surface area contributed by atoms with Crippen LogP contribution in [0.3, 0.4) is 0 Å². The fourth-order valence-corrected chi connectivity index (χ4v) is 2.54. The molecule has 3 aromatic rings. The van der Waals surface area contributed by atoms with Gasteiger partial charge in [-0.25, -0.2) is 4.79 Å². The van der Waals surface area contributed by atoms with Crippen molar-refractivity contribution in [2.24, 2.45) is 0 Å². The normalized spacial score (nSPS) is 13.0. The molecular weight excluding hydrogens is 300 g/mol. The lowest BCUT2D eigenvalue weighted by molar-refractivity contribution is -0.0209. The van der Waals surface area contributed by atoms with E-state index in [-0.39, 0.29) is 0 Å². The number of aliphatic hydroxyl groups excluding tert-OH is 1. The monoisotopic (exact) mass is 318 g/mol. The molecule has 0 amide bonds. The third-order valence-corrected chi connectivity index (χ3v) is 3.80. The summed E-state index contributed by atoms with van der Waals surface area (Å²) in [7, 11) is 0. The van der Waals surface area contributed by atoms with Crippen LogP contribution in [0.25, 0.3) is 0 Å². The van der Waals surface area contributed by atoms with Gasteiger partial charge in [0, 0.05) is 0 Å². The third-order valence-electron chi connectivity index (χ3n) is 3.80. The van der Waals surface area contributed by atoms with Crippen LogP contribution in [0.4, 0.5) is 0 Å². The van der Waals surface area contributed by atoms with Crippen LogP contribution in [0.15, 0.2) is 91.0 Å². The Morgan fingerprint density at radius 2 is 1.17 bits per heavy atom. The van der Waals surface area contributed by atoms with Crippen molar-refractivity contribution in [3.05, 3.63) is 108 Å². The Bertz CT molecular complexity index is 770. The number of rotatable bonds is 5. The van der Waals surface area contributed by atoms with Crippen LogP contribution in [0, 0.1) is 0 Å². The standard InChI is InChI=1S/C21H18O3/c22-19(16-10-4-1-5-11-16)20(17-12-6-2-7-13-17)24-21(23)18-14-8-3-9-15-18/h1-15,19-20,22H/t19-,20+/m0/s1. The summed E-state index contributed by atoms with van der Waals surface area (Å²) in [6, 6.07) is 27.3. The summed E-state index contributed by atoms with van der Waals surface area (Å²) < 4.78 is 5.65. The van der Waals surface area contributed by atoms with Crippen LogP contribution in [0.2, 0.25) is 0 Å². The Balaban J connectivity index is 1.90. The third kappa shape index (κ3) is 3.70. The lowest BCUT2D eigenvalue weighted by Crippen LogP contribution is -2.18. The number of benzene rings is 3. The van der Waals surface area contributed by atoms with E-state index in [0.717, 1.165) is 5.56 Å². The van der Waals surface area contributed by atoms with Crippen molar-refractivity contribution >= 4 is 5.97 Å². The molecule has 0 aliphatic heterocycles. The van der Waals surface area contributed by atoms with Gasteiger partial charge in [-0.2, -0.15) is 0 Å². The summed E-state index contributed by atoms with van der Waals surface area (Å²) in [4.78, 5) is 12.4. The van der Waals surface area contributed by atoms with Gasteiger partial charge in [-0.3, -0.25) is 0 Å². The van der Waals surface area contributed by atoms with Crippen LogP contribution in [0.1, 0.15) is 33.7 Å². The van der Waals surface area contributed by atoms with Crippen molar-refractivity contribution in [1.82, 2.24) is 0 Å². The number of hydrogen-bond donors (Lipinski definition) is 1. The molecule has 0 saturated heterocycles. The van der Waals surface area contributed by atoms with Crippen LogP contribution < -0.4 is 0 Å². The number of carbonyl (C=O) groups excluding carboxylic acids is 1. The van der Waals surface area contributed by atoms with Gasteiger partial charge in [0.15, 0.2) is 6.10 Å². The Kier molecular flexibility index (Phi) is 5.04. The molecule has 0 saturated carbocycles. The highest BCUT2D eigenvalue weighted by Gasteiger charge is 2.27. The number of aliphatic hydroxyl groups is 1. The van der Waals surface area contributed by atoms with E-state index < -0.39 is 18.2 Å². The maximum atomic E-state index is 12.4. The van der Waals surface area contributed by atoms with E-state index in [4.69, 9.17) is 4.74 Å². The zero-order chi connectivity index (χ0) is 16.8. The molecule has 0 radical (unpaired) electrons. The number of ether oxygens (including phenoxy) is 1. The Labute approximate surface area is 141 Å². The van der Waals surface area contributed by atoms with Gasteiger partial charge in [-0.05, 0) is 23.3 Å². The van der Waals surface area contributed by atoms with Gasteiger partial charge >= 0.3 is 5.97 Å². The van der Waals surface area contributed by atoms with Crippen molar-refractivity contribution < 1.29 is 14.6 Å². The fourth-order valence-electron chi connectivity index (χ4n) is 2.54. The predicted octanol–water partition coefficient (Wildman–Crippen LogP) is 4.32. The fraction of sp³-hybridized carbons (Fsp3) is 0.0952. The quantitative estimate of drug-likeness (QED) is 0.713. The van der Waals surface area contributed by atoms with Gasteiger partial charge in [-0.1, -0.05) is 78.9 Å². The van der Waals surface area contributed by atoms with Crippen LogP contribution in [0.5, 0.6) is 0 Å². The summed E-state index contributed by atoms with van der Waals surface area (Å²) in [5.41, 5.74) is 1.91. The topological polar surface area (TPSA) is 46.5 Å². The Morgan fingerprint density at radius 3 is 1.71 bits per heavy atom. The van der Waals surface area contributed by atoms with Crippen molar-refractivity contribution in [1.29, 1.82) is 0 Å². The molecule has 0 spiro atoms. The van der Waals surface area contributed by atoms with Gasteiger partial charge in [0.1, 0.15) is 6.10 Å². The lowest BCUT2D eigenvalue weighted by atomic mass is 9.98. The maximum absolute atomic E-state index is 12.4. The first-order chi connectivity index (χ1) is 11.8. The average Bonchev–Trinajstić information content (AvgIpc) is 2.67. The SMILES string of the molecule is O=C(O[C@H](c1ccccc1)[C@@H](O)c1ccccc1)c1ccccc1. The van der Waals surface area contributed by atoms with Gasteiger partial charge in [0.2, 0.25) is 0 Å². The van der Waals surface area contributed by atoms with E-state index in [2.05, 4.69) is 0 Å². The first-order valence-electron chi connectivity index (χ1n) is 7.79. The highest BCUT2D eigenvalue weighted by molar-refractivity contribution is 5.89. The second-order valence-corrected chi connectivity index (χ2v) is 5.46. The first kappa shape index (κ1) is 16.0. The highest BCUT2D eigenvalue weighted by Crippen LogP contribution is 2.32. The van der Waals surface area contributed by atoms with Crippen molar-refractivity contribution in [2.75, 3.05) is 0 Å². The Hall–Kier alpha value is -2.91. The molecule has 1 N–H and O–H groups in total. The van der Waals surface area contributed by atoms with E-state index in [1.807, 2.05) is 66.7 Å². The summed E-state index contributed by atoms with van der Waals surface area (Å²) in [5.74, 6) is -0.459. The molecule has 2 atom stereocenters. The summed E-state index contributed by atoms with van der Waals surface area (Å²) in [6.45, 7) is 0. The minimum Gasteiger partial charge on any atom is -0.451 e. The van der Waals surface area contributed by atoms with E-state index in [0.29, 0.717) is 11.1 Å². The van der Waals surface area contributed by atoms with Crippen LogP contribution in [-0.2, 0) is 4.74 Å². The molecule has 0 aliphatic carbocycles. The molecule has 0 unspecified atom stereocenters. The largest absolute Gasteiger partial charge is 0.451 e. The van der Waals surface area contributed by atoms with E-state index in [9.17, 15) is 9.90 Å². The molecule has 3 aromatic carbocycles. The van der Waals surface area contributed by atoms with Gasteiger partial charge in [-0.15, -0.1) is 0 Å². The minimum atomic E-state index is -0.943. The molecule has 0 heterocycles. The second-order valence-electron chi connectivity index (χ2n) is 5.46. The smallest absolute Gasteiger partial charge is 0.338 e. The number of carbonyl (C=O) groups is 1. The molecule has 3 heteroatoms. The molecule has 24 heavy (non-hydrogen) atoms. The first-order valence-corrected chi connectivity index (χ1v) is 7.79. The van der Waals surface area contributed by atoms with E-state index in [1.165, 1.54) is 0 Å². The highest BCUT2D eigenvalue weighted by atomic mass is 16.6. The van der Waals surface area contributed by atoms with Gasteiger partial charge in [0.25, 0.3) is 0 Å². The Morgan fingerprint density at radius 1 is 0.708 bits per heavy atom. The maximum Gasteiger partial charge on any atom is 0.338 e. The number of hydrogen-bond acceptors (Lipinski definition) is 3. The van der Waals surface area contributed by atoms with Gasteiger partial charge in [0.05, 0.1) is 5.56 Å². The van der Waals surface area contributed by atoms with Crippen LogP contribution in [-0.4, -0.2) is 11.1 Å². The van der Waals surface area contributed by atoms with Gasteiger partial charge < -0.3 is 9.84 Å². The second kappa shape index (κ2) is 7.57. The molecule has 0 fully saturated rings. The molecule has 0 aliphatic rings. The van der Waals surface area contributed by atoms with Crippen molar-refractivity contribution in [3.8, 4) is 0 Å². The lowest BCUT2D eigenvalue weighted by Gasteiger charge is -2.24. The number of esters is 1. The summed E-state index contributed by atoms with van der Waals surface area (Å²) in [6.07, 6.45) is -1.72. The molecule has 120 valence electrons. The molecular formula is C21H18O3. The van der Waals surface area contributed by atoms with Crippen molar-refractivity contribution in [2.45, 2.75) is 12.2 Å². The van der Waals surface area contributed by atoms with Crippen molar-refractivity contribution in [3.63, 3.8) is 0 Å². The molecule has 3 rings (SSSR count). The summed E-state index contributed by atoms with van der Waals surface area (Å²) in [5, 5.41) is 10.8. The summed E-state index contributed by atoms with van der Waals surface area (Å²) >= 11 is 0. The minimum absolute atomic E-state index is 0.457. The van der Waals surface area contributed by atoms with E-state index >= 15 is 0 Å². The molecule has 0 bridgehead atoms. The molecule has 0 aromatic heterocycles. The van der Waals surface area contributed by atoms with Crippen LogP contribution >= 0.6 is 0 Å². The predicted molar refractivity (Wildman–Crippen MR) is 92.4 cm³/mol. The average molecular weight is 318 g/mol. The zero-order valence-corrected chi connectivity index (χ0v) is 13.1. The van der Waals surface area contributed by atoms with E-state index in [1.54, 1.807) is 24.3 Å². The zero-order valence-electron chi connectivity index (χ0n) is 13.1. The molecule has 3 nitrogen and oxygen atoms in total.